The lowest BCUT2D eigenvalue weighted by Gasteiger charge is -2.28. The number of hydrogen-bond acceptors (Lipinski definition) is 2. The van der Waals surface area contributed by atoms with Crippen molar-refractivity contribution in [1.29, 1.82) is 0 Å². The van der Waals surface area contributed by atoms with E-state index < -0.39 is 0 Å². The van der Waals surface area contributed by atoms with Gasteiger partial charge in [-0.2, -0.15) is 0 Å². The third-order valence-electron chi connectivity index (χ3n) is 3.10. The zero-order valence-corrected chi connectivity index (χ0v) is 10.6. The van der Waals surface area contributed by atoms with Crippen LogP contribution in [0.5, 0.6) is 0 Å². The first-order valence-electron chi connectivity index (χ1n) is 6.68. The lowest BCUT2D eigenvalue weighted by atomic mass is 10.0. The molecule has 1 N–H and O–H groups in total. The summed E-state index contributed by atoms with van der Waals surface area (Å²) in [6.07, 6.45) is 6.93. The van der Waals surface area contributed by atoms with Gasteiger partial charge in [-0.3, -0.25) is 0 Å². The van der Waals surface area contributed by atoms with Crippen molar-refractivity contribution in [2.45, 2.75) is 65.0 Å². The summed E-state index contributed by atoms with van der Waals surface area (Å²) in [5.41, 5.74) is 0. The molecule has 0 radical (unpaired) electrons. The van der Waals surface area contributed by atoms with Crippen LogP contribution in [0.3, 0.4) is 0 Å². The molecule has 2 nitrogen and oxygen atoms in total. The molecule has 0 spiro atoms. The molecule has 2 heteroatoms. The average molecular weight is 213 g/mol. The van der Waals surface area contributed by atoms with Gasteiger partial charge in [0.15, 0.2) is 0 Å². The molecule has 0 amide bonds. The molecule has 1 aliphatic rings. The second-order valence-electron chi connectivity index (χ2n) is 4.61. The number of nitrogens with one attached hydrogen (secondary N) is 1. The maximum Gasteiger partial charge on any atom is 0.0755 e. The molecule has 15 heavy (non-hydrogen) atoms. The Bertz CT molecular complexity index is 157. The van der Waals surface area contributed by atoms with Gasteiger partial charge in [-0.1, -0.05) is 20.3 Å². The molecular weight excluding hydrogens is 186 g/mol. The molecule has 90 valence electrons. The Morgan fingerprint density at radius 1 is 1.20 bits per heavy atom. The Balaban J connectivity index is 2.40. The predicted molar refractivity (Wildman–Crippen MR) is 65.1 cm³/mol. The van der Waals surface area contributed by atoms with E-state index in [1.165, 1.54) is 32.1 Å². The van der Waals surface area contributed by atoms with E-state index in [1.54, 1.807) is 0 Å². The second kappa shape index (κ2) is 7.24. The Kier molecular flexibility index (Phi) is 6.26. The van der Waals surface area contributed by atoms with Crippen LogP contribution in [0.1, 0.15) is 52.9 Å². The summed E-state index contributed by atoms with van der Waals surface area (Å²) in [6, 6.07) is 0.586. The standard InChI is InChI=1S/C13H27NO/c1-4-7-12(14-10-5-2)13(15-6-3)11-8-9-11/h11-14H,4-10H2,1-3H3. The number of rotatable bonds is 9. The summed E-state index contributed by atoms with van der Waals surface area (Å²) in [4.78, 5) is 0. The van der Waals surface area contributed by atoms with Crippen molar-refractivity contribution in [3.63, 3.8) is 0 Å². The predicted octanol–water partition coefficient (Wildman–Crippen LogP) is 2.97. The van der Waals surface area contributed by atoms with E-state index in [-0.39, 0.29) is 0 Å². The smallest absolute Gasteiger partial charge is 0.0755 e. The summed E-state index contributed by atoms with van der Waals surface area (Å²) < 4.78 is 5.92. The molecule has 0 aromatic rings. The third kappa shape index (κ3) is 4.52. The van der Waals surface area contributed by atoms with Gasteiger partial charge in [-0.05, 0) is 45.1 Å². The van der Waals surface area contributed by atoms with Crippen molar-refractivity contribution in [3.8, 4) is 0 Å². The molecule has 0 heterocycles. The summed E-state index contributed by atoms with van der Waals surface area (Å²) in [7, 11) is 0. The Morgan fingerprint density at radius 3 is 2.40 bits per heavy atom. The molecule has 1 aliphatic carbocycles. The van der Waals surface area contributed by atoms with Gasteiger partial charge in [-0.15, -0.1) is 0 Å². The zero-order valence-electron chi connectivity index (χ0n) is 10.6. The highest BCUT2D eigenvalue weighted by atomic mass is 16.5. The maximum atomic E-state index is 5.92. The van der Waals surface area contributed by atoms with Crippen molar-refractivity contribution in [1.82, 2.24) is 5.32 Å². The van der Waals surface area contributed by atoms with Gasteiger partial charge in [0.1, 0.15) is 0 Å². The molecule has 0 saturated heterocycles. The average Bonchev–Trinajstić information content (AvgIpc) is 3.05. The fourth-order valence-corrected chi connectivity index (χ4v) is 2.22. The third-order valence-corrected chi connectivity index (χ3v) is 3.10. The summed E-state index contributed by atoms with van der Waals surface area (Å²) in [5, 5.41) is 3.65. The minimum absolute atomic E-state index is 0.474. The van der Waals surface area contributed by atoms with Crippen molar-refractivity contribution in [2.75, 3.05) is 13.2 Å². The number of ether oxygens (including phenoxy) is 1. The van der Waals surface area contributed by atoms with Crippen molar-refractivity contribution >= 4 is 0 Å². The van der Waals surface area contributed by atoms with Crippen molar-refractivity contribution < 1.29 is 4.74 Å². The molecule has 0 aliphatic heterocycles. The fraction of sp³-hybridized carbons (Fsp3) is 1.00. The van der Waals surface area contributed by atoms with Gasteiger partial charge in [0, 0.05) is 12.6 Å². The summed E-state index contributed by atoms with van der Waals surface area (Å²) in [5.74, 6) is 0.839. The largest absolute Gasteiger partial charge is 0.377 e. The van der Waals surface area contributed by atoms with E-state index in [2.05, 4.69) is 26.1 Å². The van der Waals surface area contributed by atoms with Crippen LogP contribution < -0.4 is 5.32 Å². The summed E-state index contributed by atoms with van der Waals surface area (Å²) >= 11 is 0. The van der Waals surface area contributed by atoms with Gasteiger partial charge in [0.2, 0.25) is 0 Å². The van der Waals surface area contributed by atoms with Gasteiger partial charge in [0.05, 0.1) is 6.10 Å². The van der Waals surface area contributed by atoms with E-state index in [0.717, 1.165) is 19.1 Å². The first-order valence-corrected chi connectivity index (χ1v) is 6.68. The van der Waals surface area contributed by atoms with Crippen LogP contribution in [-0.4, -0.2) is 25.3 Å². The fourth-order valence-electron chi connectivity index (χ4n) is 2.22. The van der Waals surface area contributed by atoms with Crippen LogP contribution in [0.2, 0.25) is 0 Å². The second-order valence-corrected chi connectivity index (χ2v) is 4.61. The lowest BCUT2D eigenvalue weighted by Crippen LogP contribution is -2.43. The first kappa shape index (κ1) is 13.0. The highest BCUT2D eigenvalue weighted by Gasteiger charge is 2.36. The van der Waals surface area contributed by atoms with Crippen molar-refractivity contribution in [2.24, 2.45) is 5.92 Å². The minimum atomic E-state index is 0.474. The van der Waals surface area contributed by atoms with E-state index >= 15 is 0 Å². The molecule has 0 aromatic heterocycles. The maximum absolute atomic E-state index is 5.92. The quantitative estimate of drug-likeness (QED) is 0.636. The Labute approximate surface area is 94.8 Å². The van der Waals surface area contributed by atoms with E-state index in [4.69, 9.17) is 4.74 Å². The van der Waals surface area contributed by atoms with Crippen LogP contribution in [0.4, 0.5) is 0 Å². The van der Waals surface area contributed by atoms with Gasteiger partial charge in [-0.25, -0.2) is 0 Å². The molecule has 0 aromatic carbocycles. The molecule has 2 unspecified atom stereocenters. The van der Waals surface area contributed by atoms with Gasteiger partial charge < -0.3 is 10.1 Å². The zero-order chi connectivity index (χ0) is 11.1. The highest BCUT2D eigenvalue weighted by Crippen LogP contribution is 2.36. The molecular formula is C13H27NO. The molecule has 2 atom stereocenters. The Hall–Kier alpha value is -0.0800. The normalized spacial score (nSPS) is 20.2. The van der Waals surface area contributed by atoms with E-state index in [0.29, 0.717) is 12.1 Å². The van der Waals surface area contributed by atoms with Gasteiger partial charge in [0.25, 0.3) is 0 Å². The van der Waals surface area contributed by atoms with Gasteiger partial charge >= 0.3 is 0 Å². The van der Waals surface area contributed by atoms with Crippen LogP contribution >= 0.6 is 0 Å². The van der Waals surface area contributed by atoms with E-state index in [9.17, 15) is 0 Å². The summed E-state index contributed by atoms with van der Waals surface area (Å²) in [6.45, 7) is 8.58. The SMILES string of the molecule is CCCNC(CCC)C(OCC)C1CC1. The molecule has 1 fully saturated rings. The molecule has 1 saturated carbocycles. The first-order chi connectivity index (χ1) is 7.33. The van der Waals surface area contributed by atoms with Crippen LogP contribution in [0.25, 0.3) is 0 Å². The molecule has 0 bridgehead atoms. The minimum Gasteiger partial charge on any atom is -0.377 e. The number of hydrogen-bond donors (Lipinski definition) is 1. The van der Waals surface area contributed by atoms with Crippen LogP contribution in [0, 0.1) is 5.92 Å². The monoisotopic (exact) mass is 213 g/mol. The highest BCUT2D eigenvalue weighted by molar-refractivity contribution is 4.90. The van der Waals surface area contributed by atoms with Crippen LogP contribution in [-0.2, 0) is 4.74 Å². The lowest BCUT2D eigenvalue weighted by molar-refractivity contribution is 0.0168. The van der Waals surface area contributed by atoms with Crippen LogP contribution in [0.15, 0.2) is 0 Å². The Morgan fingerprint density at radius 2 is 1.93 bits per heavy atom. The topological polar surface area (TPSA) is 21.3 Å². The van der Waals surface area contributed by atoms with E-state index in [1.807, 2.05) is 0 Å². The van der Waals surface area contributed by atoms with Crippen molar-refractivity contribution in [3.05, 3.63) is 0 Å². The molecule has 1 rings (SSSR count).